The molecule has 0 radical (unpaired) electrons. The van der Waals surface area contributed by atoms with E-state index < -0.39 is 6.04 Å². The number of amides is 4. The van der Waals surface area contributed by atoms with E-state index >= 15 is 0 Å². The molecule has 1 atom stereocenters. The van der Waals surface area contributed by atoms with Gasteiger partial charge in [0.25, 0.3) is 5.91 Å². The Balaban J connectivity index is 1.55. The van der Waals surface area contributed by atoms with Gasteiger partial charge in [-0.25, -0.2) is 9.69 Å². The van der Waals surface area contributed by atoms with Crippen molar-refractivity contribution in [3.05, 3.63) is 54.1 Å². The van der Waals surface area contributed by atoms with Gasteiger partial charge in [-0.05, 0) is 56.2 Å². The molecule has 2 aromatic rings. The smallest absolute Gasteiger partial charge is 0.332 e. The minimum Gasteiger partial charge on any atom is -0.497 e. The summed E-state index contributed by atoms with van der Waals surface area (Å²) < 4.78 is 5.13. The summed E-state index contributed by atoms with van der Waals surface area (Å²) in [5, 5.41) is 2.83. The molecule has 1 N–H and O–H groups in total. The van der Waals surface area contributed by atoms with Gasteiger partial charge in [0.1, 0.15) is 11.8 Å². The molecule has 1 saturated carbocycles. The second-order valence-electron chi connectivity index (χ2n) is 8.13. The van der Waals surface area contributed by atoms with E-state index in [0.717, 1.165) is 31.2 Å². The van der Waals surface area contributed by atoms with Gasteiger partial charge in [-0.15, -0.1) is 0 Å². The lowest BCUT2D eigenvalue weighted by atomic mass is 10.1. The number of aryl methyl sites for hydroxylation is 1. The topological polar surface area (TPSA) is 79.0 Å². The molecule has 0 aromatic heterocycles. The Morgan fingerprint density at radius 1 is 1.03 bits per heavy atom. The van der Waals surface area contributed by atoms with E-state index in [1.807, 2.05) is 19.1 Å². The molecule has 2 aromatic carbocycles. The molecule has 1 aliphatic carbocycles. The van der Waals surface area contributed by atoms with E-state index in [2.05, 4.69) is 5.32 Å². The second kappa shape index (κ2) is 8.79. The lowest BCUT2D eigenvalue weighted by Gasteiger charge is -2.27. The van der Waals surface area contributed by atoms with Crippen LogP contribution in [0.1, 0.15) is 37.7 Å². The maximum Gasteiger partial charge on any atom is 0.332 e. The van der Waals surface area contributed by atoms with E-state index in [9.17, 15) is 14.4 Å². The molecule has 1 heterocycles. The highest BCUT2D eigenvalue weighted by molar-refractivity contribution is 6.22. The number of nitrogens with one attached hydrogen (secondary N) is 1. The van der Waals surface area contributed by atoms with Gasteiger partial charge in [-0.1, -0.05) is 30.5 Å². The lowest BCUT2D eigenvalue weighted by molar-refractivity contribution is -0.124. The fourth-order valence-corrected chi connectivity index (χ4v) is 4.38. The molecule has 1 saturated heterocycles. The number of hydrogen-bond acceptors (Lipinski definition) is 4. The number of methoxy groups -OCH3 is 1. The molecular weight excluding hydrogens is 394 g/mol. The molecule has 4 amide bonds. The Hall–Kier alpha value is -3.35. The van der Waals surface area contributed by atoms with Gasteiger partial charge in [-0.3, -0.25) is 9.59 Å². The van der Waals surface area contributed by atoms with Crippen molar-refractivity contribution in [2.24, 2.45) is 0 Å². The molecule has 1 unspecified atom stereocenters. The van der Waals surface area contributed by atoms with Crippen LogP contribution in [0.4, 0.5) is 16.2 Å². The summed E-state index contributed by atoms with van der Waals surface area (Å²) in [5.41, 5.74) is 2.21. The van der Waals surface area contributed by atoms with E-state index in [1.54, 1.807) is 48.4 Å². The SMILES string of the molecule is COc1ccc(NC(=O)CC2C(=O)N(c3ccc(C)cc3)C(=O)N2C2CCCC2)cc1. The van der Waals surface area contributed by atoms with Crippen LogP contribution in [-0.2, 0) is 9.59 Å². The van der Waals surface area contributed by atoms with Crippen LogP contribution in [0, 0.1) is 6.92 Å². The third kappa shape index (κ3) is 4.26. The quantitative estimate of drug-likeness (QED) is 0.712. The van der Waals surface area contributed by atoms with Gasteiger partial charge in [0.2, 0.25) is 5.91 Å². The number of benzene rings is 2. The van der Waals surface area contributed by atoms with Gasteiger partial charge < -0.3 is 15.0 Å². The third-order valence-electron chi connectivity index (χ3n) is 6.02. The van der Waals surface area contributed by atoms with E-state index in [-0.39, 0.29) is 30.3 Å². The summed E-state index contributed by atoms with van der Waals surface area (Å²) in [4.78, 5) is 42.2. The number of rotatable bonds is 6. The highest BCUT2D eigenvalue weighted by Crippen LogP contribution is 2.34. The number of urea groups is 1. The maximum absolute atomic E-state index is 13.3. The zero-order chi connectivity index (χ0) is 22.0. The summed E-state index contributed by atoms with van der Waals surface area (Å²) in [6.45, 7) is 1.95. The van der Waals surface area contributed by atoms with E-state index in [4.69, 9.17) is 4.74 Å². The second-order valence-corrected chi connectivity index (χ2v) is 8.13. The Bertz CT molecular complexity index is 965. The Kier molecular flexibility index (Phi) is 5.93. The van der Waals surface area contributed by atoms with Crippen LogP contribution in [0.15, 0.2) is 48.5 Å². The van der Waals surface area contributed by atoms with Crippen molar-refractivity contribution in [3.63, 3.8) is 0 Å². The largest absolute Gasteiger partial charge is 0.497 e. The lowest BCUT2D eigenvalue weighted by Crippen LogP contribution is -2.43. The van der Waals surface area contributed by atoms with Crippen LogP contribution in [0.5, 0.6) is 5.75 Å². The normalized spacial score (nSPS) is 19.2. The van der Waals surface area contributed by atoms with Crippen molar-refractivity contribution < 1.29 is 19.1 Å². The number of imide groups is 1. The Morgan fingerprint density at radius 2 is 1.68 bits per heavy atom. The van der Waals surface area contributed by atoms with Gasteiger partial charge >= 0.3 is 6.03 Å². The number of nitrogens with zero attached hydrogens (tertiary/aromatic N) is 2. The number of anilines is 2. The number of carbonyl (C=O) groups excluding carboxylic acids is 3. The van der Waals surface area contributed by atoms with E-state index in [1.165, 1.54) is 4.90 Å². The van der Waals surface area contributed by atoms with E-state index in [0.29, 0.717) is 17.1 Å². The Labute approximate surface area is 182 Å². The van der Waals surface area contributed by atoms with Crippen LogP contribution in [0.25, 0.3) is 0 Å². The molecule has 7 nitrogen and oxygen atoms in total. The zero-order valence-corrected chi connectivity index (χ0v) is 17.8. The minimum absolute atomic E-state index is 0.00863. The summed E-state index contributed by atoms with van der Waals surface area (Å²) in [6, 6.07) is 13.2. The van der Waals surface area contributed by atoms with Crippen molar-refractivity contribution in [1.82, 2.24) is 4.90 Å². The zero-order valence-electron chi connectivity index (χ0n) is 17.8. The first-order valence-corrected chi connectivity index (χ1v) is 10.6. The first-order chi connectivity index (χ1) is 15.0. The summed E-state index contributed by atoms with van der Waals surface area (Å²) in [6.07, 6.45) is 3.69. The number of carbonyl (C=O) groups is 3. The first kappa shape index (κ1) is 20.9. The van der Waals surface area contributed by atoms with Crippen molar-refractivity contribution in [2.45, 2.75) is 51.1 Å². The summed E-state index contributed by atoms with van der Waals surface area (Å²) in [7, 11) is 1.58. The van der Waals surface area contributed by atoms with Crippen LogP contribution >= 0.6 is 0 Å². The molecule has 2 fully saturated rings. The highest BCUT2D eigenvalue weighted by Gasteiger charge is 2.49. The van der Waals surface area contributed by atoms with Crippen molar-refractivity contribution in [2.75, 3.05) is 17.3 Å². The molecule has 7 heteroatoms. The summed E-state index contributed by atoms with van der Waals surface area (Å²) >= 11 is 0. The van der Waals surface area contributed by atoms with Crippen molar-refractivity contribution in [1.29, 1.82) is 0 Å². The predicted molar refractivity (Wildman–Crippen MR) is 118 cm³/mol. The first-order valence-electron chi connectivity index (χ1n) is 10.6. The molecule has 0 spiro atoms. The standard InChI is InChI=1S/C24H27N3O4/c1-16-7-11-19(12-8-16)27-23(29)21(26(24(27)30)18-5-3-4-6-18)15-22(28)25-17-9-13-20(31-2)14-10-17/h7-14,18,21H,3-6,15H2,1-2H3,(H,25,28). The molecule has 1 aliphatic heterocycles. The number of hydrogen-bond donors (Lipinski definition) is 1. The number of ether oxygens (including phenoxy) is 1. The third-order valence-corrected chi connectivity index (χ3v) is 6.02. The van der Waals surface area contributed by atoms with Crippen LogP contribution in [0.2, 0.25) is 0 Å². The molecule has 0 bridgehead atoms. The molecule has 2 aliphatic rings. The molecule has 31 heavy (non-hydrogen) atoms. The van der Waals surface area contributed by atoms with Gasteiger partial charge in [0.05, 0.1) is 19.2 Å². The highest BCUT2D eigenvalue weighted by atomic mass is 16.5. The molecular formula is C24H27N3O4. The molecule has 4 rings (SSSR count). The molecule has 162 valence electrons. The summed E-state index contributed by atoms with van der Waals surface area (Å²) in [5.74, 6) is 0.0476. The van der Waals surface area contributed by atoms with Crippen LogP contribution < -0.4 is 15.0 Å². The van der Waals surface area contributed by atoms with Crippen LogP contribution in [-0.4, -0.2) is 41.9 Å². The van der Waals surface area contributed by atoms with Crippen LogP contribution in [0.3, 0.4) is 0 Å². The predicted octanol–water partition coefficient (Wildman–Crippen LogP) is 4.11. The fourth-order valence-electron chi connectivity index (χ4n) is 4.38. The maximum atomic E-state index is 13.3. The van der Waals surface area contributed by atoms with Crippen molar-refractivity contribution >= 4 is 29.2 Å². The van der Waals surface area contributed by atoms with Gasteiger partial charge in [0.15, 0.2) is 0 Å². The average molecular weight is 421 g/mol. The van der Waals surface area contributed by atoms with Crippen molar-refractivity contribution in [3.8, 4) is 5.75 Å². The fraction of sp³-hybridized carbons (Fsp3) is 0.375. The van der Waals surface area contributed by atoms with Gasteiger partial charge in [-0.2, -0.15) is 0 Å². The monoisotopic (exact) mass is 421 g/mol. The van der Waals surface area contributed by atoms with Gasteiger partial charge in [0, 0.05) is 11.7 Å². The minimum atomic E-state index is -0.796. The Morgan fingerprint density at radius 3 is 2.29 bits per heavy atom. The average Bonchev–Trinajstić information content (AvgIpc) is 3.36.